The summed E-state index contributed by atoms with van der Waals surface area (Å²) in [6, 6.07) is 1.29. The van der Waals surface area contributed by atoms with E-state index >= 15 is 0 Å². The Hall–Kier alpha value is -0.0800. The maximum absolute atomic E-state index is 5.90. The molecule has 84 valence electrons. The molecule has 0 saturated heterocycles. The Kier molecular flexibility index (Phi) is 4.90. The zero-order chi connectivity index (χ0) is 10.6. The smallest absolute Gasteiger partial charge is 0.0246 e. The van der Waals surface area contributed by atoms with E-state index in [1.165, 1.54) is 32.1 Å². The van der Waals surface area contributed by atoms with E-state index in [1.54, 1.807) is 0 Å². The number of rotatable bonds is 5. The lowest BCUT2D eigenvalue weighted by molar-refractivity contribution is 0.134. The molecule has 1 aliphatic rings. The summed E-state index contributed by atoms with van der Waals surface area (Å²) in [5, 5.41) is 0. The second kappa shape index (κ2) is 5.72. The van der Waals surface area contributed by atoms with Gasteiger partial charge in [-0.05, 0) is 39.2 Å². The molecule has 0 bridgehead atoms. The number of nitrogens with two attached hydrogens (primary N) is 1. The fourth-order valence-corrected chi connectivity index (χ4v) is 2.65. The molecule has 14 heavy (non-hydrogen) atoms. The lowest BCUT2D eigenvalue weighted by Gasteiger charge is -2.35. The molecule has 0 spiro atoms. The maximum atomic E-state index is 5.90. The van der Waals surface area contributed by atoms with Gasteiger partial charge in [0.25, 0.3) is 0 Å². The Balaban J connectivity index is 2.50. The van der Waals surface area contributed by atoms with E-state index in [1.807, 2.05) is 0 Å². The molecule has 2 nitrogen and oxygen atoms in total. The molecular formula is C12H26N2. The molecule has 0 amide bonds. The predicted octanol–water partition coefficient (Wildman–Crippen LogP) is 2.23. The van der Waals surface area contributed by atoms with E-state index in [0.717, 1.165) is 12.5 Å². The largest absolute Gasteiger partial charge is 0.329 e. The van der Waals surface area contributed by atoms with Crippen LogP contribution in [0.25, 0.3) is 0 Å². The quantitative estimate of drug-likeness (QED) is 0.734. The third kappa shape index (κ3) is 2.71. The summed E-state index contributed by atoms with van der Waals surface area (Å²) in [6.07, 6.45) is 6.83. The first-order chi connectivity index (χ1) is 6.70. The first-order valence-electron chi connectivity index (χ1n) is 6.12. The van der Waals surface area contributed by atoms with Gasteiger partial charge in [0.15, 0.2) is 0 Å². The van der Waals surface area contributed by atoms with E-state index in [-0.39, 0.29) is 0 Å². The van der Waals surface area contributed by atoms with Crippen LogP contribution in [0.2, 0.25) is 0 Å². The van der Waals surface area contributed by atoms with Crippen molar-refractivity contribution in [2.24, 2.45) is 11.7 Å². The van der Waals surface area contributed by atoms with Crippen molar-refractivity contribution < 1.29 is 0 Å². The van der Waals surface area contributed by atoms with Crippen molar-refractivity contribution in [1.82, 2.24) is 4.90 Å². The van der Waals surface area contributed by atoms with E-state index in [4.69, 9.17) is 5.73 Å². The molecule has 0 aromatic heterocycles. The highest BCUT2D eigenvalue weighted by Gasteiger charge is 2.28. The highest BCUT2D eigenvalue weighted by atomic mass is 15.2. The minimum absolute atomic E-state index is 0.618. The average Bonchev–Trinajstić information content (AvgIpc) is 2.71. The van der Waals surface area contributed by atoms with Crippen LogP contribution in [0.4, 0.5) is 0 Å². The van der Waals surface area contributed by atoms with E-state index in [0.29, 0.717) is 12.1 Å². The summed E-state index contributed by atoms with van der Waals surface area (Å²) < 4.78 is 0. The summed E-state index contributed by atoms with van der Waals surface area (Å²) in [5.74, 6) is 0.860. The SMILES string of the molecule is CCC(C)N(C)C(CN)C1CCCC1. The minimum Gasteiger partial charge on any atom is -0.329 e. The van der Waals surface area contributed by atoms with Gasteiger partial charge in [0.2, 0.25) is 0 Å². The molecule has 2 N–H and O–H groups in total. The van der Waals surface area contributed by atoms with Crippen LogP contribution in [-0.4, -0.2) is 30.6 Å². The first-order valence-corrected chi connectivity index (χ1v) is 6.12. The van der Waals surface area contributed by atoms with Gasteiger partial charge in [-0.25, -0.2) is 0 Å². The van der Waals surface area contributed by atoms with Gasteiger partial charge in [-0.3, -0.25) is 4.90 Å². The fraction of sp³-hybridized carbons (Fsp3) is 1.00. The van der Waals surface area contributed by atoms with E-state index in [9.17, 15) is 0 Å². The molecule has 0 aromatic rings. The Labute approximate surface area is 88.8 Å². The van der Waals surface area contributed by atoms with Crippen molar-refractivity contribution in [3.8, 4) is 0 Å². The van der Waals surface area contributed by atoms with Crippen LogP contribution in [0.1, 0.15) is 46.0 Å². The van der Waals surface area contributed by atoms with Gasteiger partial charge in [0.1, 0.15) is 0 Å². The van der Waals surface area contributed by atoms with Crippen molar-refractivity contribution in [3.63, 3.8) is 0 Å². The van der Waals surface area contributed by atoms with Crippen molar-refractivity contribution in [3.05, 3.63) is 0 Å². The fourth-order valence-electron chi connectivity index (χ4n) is 2.65. The molecule has 0 heterocycles. The van der Waals surface area contributed by atoms with Crippen molar-refractivity contribution >= 4 is 0 Å². The Morgan fingerprint density at radius 2 is 1.93 bits per heavy atom. The summed E-state index contributed by atoms with van der Waals surface area (Å²) in [7, 11) is 2.24. The topological polar surface area (TPSA) is 29.3 Å². The molecule has 0 aliphatic heterocycles. The van der Waals surface area contributed by atoms with Gasteiger partial charge in [0, 0.05) is 18.6 Å². The third-order valence-corrected chi connectivity index (χ3v) is 3.99. The van der Waals surface area contributed by atoms with Crippen molar-refractivity contribution in [2.75, 3.05) is 13.6 Å². The molecule has 1 fully saturated rings. The molecule has 1 aliphatic carbocycles. The monoisotopic (exact) mass is 198 g/mol. The first kappa shape index (κ1) is 12.0. The van der Waals surface area contributed by atoms with Gasteiger partial charge in [-0.15, -0.1) is 0 Å². The average molecular weight is 198 g/mol. The van der Waals surface area contributed by atoms with Gasteiger partial charge in [0.05, 0.1) is 0 Å². The molecule has 1 rings (SSSR count). The zero-order valence-corrected chi connectivity index (χ0v) is 10.00. The van der Waals surface area contributed by atoms with Crippen LogP contribution in [0.5, 0.6) is 0 Å². The van der Waals surface area contributed by atoms with Gasteiger partial charge < -0.3 is 5.73 Å². The van der Waals surface area contributed by atoms with Gasteiger partial charge in [-0.2, -0.15) is 0 Å². The van der Waals surface area contributed by atoms with Crippen LogP contribution >= 0.6 is 0 Å². The Bertz CT molecular complexity index is 152. The molecule has 2 unspecified atom stereocenters. The van der Waals surface area contributed by atoms with Gasteiger partial charge >= 0.3 is 0 Å². The van der Waals surface area contributed by atoms with Crippen molar-refractivity contribution in [2.45, 2.75) is 58.0 Å². The number of likely N-dealkylation sites (N-methyl/N-ethyl adjacent to an activating group) is 1. The zero-order valence-electron chi connectivity index (χ0n) is 10.00. The second-order valence-corrected chi connectivity index (χ2v) is 4.77. The number of hydrogen-bond donors (Lipinski definition) is 1. The summed E-state index contributed by atoms with van der Waals surface area (Å²) in [6.45, 7) is 5.38. The molecule has 1 saturated carbocycles. The molecular weight excluding hydrogens is 172 g/mol. The van der Waals surface area contributed by atoms with E-state index < -0.39 is 0 Å². The third-order valence-electron chi connectivity index (χ3n) is 3.99. The predicted molar refractivity (Wildman–Crippen MR) is 62.3 cm³/mol. The van der Waals surface area contributed by atoms with Gasteiger partial charge in [-0.1, -0.05) is 19.8 Å². The standard InChI is InChI=1S/C12H26N2/c1-4-10(2)14(3)12(9-13)11-7-5-6-8-11/h10-12H,4-9,13H2,1-3H3. The van der Waals surface area contributed by atoms with Crippen LogP contribution in [-0.2, 0) is 0 Å². The highest BCUT2D eigenvalue weighted by Crippen LogP contribution is 2.30. The summed E-state index contributed by atoms with van der Waals surface area (Å²) >= 11 is 0. The lowest BCUT2D eigenvalue weighted by Crippen LogP contribution is -2.46. The molecule has 2 atom stereocenters. The highest BCUT2D eigenvalue weighted by molar-refractivity contribution is 4.84. The number of nitrogens with zero attached hydrogens (tertiary/aromatic N) is 1. The Morgan fingerprint density at radius 1 is 1.36 bits per heavy atom. The summed E-state index contributed by atoms with van der Waals surface area (Å²) in [5.41, 5.74) is 5.90. The van der Waals surface area contributed by atoms with Crippen molar-refractivity contribution in [1.29, 1.82) is 0 Å². The summed E-state index contributed by atoms with van der Waals surface area (Å²) in [4.78, 5) is 2.50. The second-order valence-electron chi connectivity index (χ2n) is 4.77. The van der Waals surface area contributed by atoms with Crippen LogP contribution in [0.15, 0.2) is 0 Å². The van der Waals surface area contributed by atoms with E-state index in [2.05, 4.69) is 25.8 Å². The van der Waals surface area contributed by atoms with Crippen LogP contribution in [0, 0.1) is 5.92 Å². The normalized spacial score (nSPS) is 22.9. The minimum atomic E-state index is 0.618. The van der Waals surface area contributed by atoms with Crippen LogP contribution in [0.3, 0.4) is 0 Å². The molecule has 2 heteroatoms. The Morgan fingerprint density at radius 3 is 2.36 bits per heavy atom. The molecule has 0 radical (unpaired) electrons. The molecule has 0 aromatic carbocycles. The lowest BCUT2D eigenvalue weighted by atomic mass is 9.95. The number of hydrogen-bond acceptors (Lipinski definition) is 2. The van der Waals surface area contributed by atoms with Crippen LogP contribution < -0.4 is 5.73 Å². The maximum Gasteiger partial charge on any atom is 0.0246 e.